The third kappa shape index (κ3) is 5.65. The van der Waals surface area contributed by atoms with Crippen molar-refractivity contribution in [2.45, 2.75) is 44.9 Å². The van der Waals surface area contributed by atoms with E-state index in [0.717, 1.165) is 12.2 Å². The Hall–Kier alpha value is -1.10. The molecule has 0 saturated heterocycles. The van der Waals surface area contributed by atoms with Crippen LogP contribution in [0, 0.1) is 0 Å². The van der Waals surface area contributed by atoms with E-state index in [1.54, 1.807) is 14.2 Å². The van der Waals surface area contributed by atoms with Crippen molar-refractivity contribution in [2.24, 2.45) is 0 Å². The van der Waals surface area contributed by atoms with Crippen molar-refractivity contribution in [3.8, 4) is 5.75 Å². The summed E-state index contributed by atoms with van der Waals surface area (Å²) in [6, 6.07) is 8.24. The average molecular weight is 295 g/mol. The maximum Gasteiger partial charge on any atom is 0.118 e. The van der Waals surface area contributed by atoms with Gasteiger partial charge in [0.05, 0.1) is 24.9 Å². The number of ether oxygens (including phenoxy) is 3. The molecule has 0 amide bonds. The van der Waals surface area contributed by atoms with E-state index in [-0.39, 0.29) is 17.7 Å². The molecule has 0 aromatic heterocycles. The standard InChI is InChI=1S/C17H29NO3/c1-13(21-12-11-17(2,3)20-6)16(18-4)14-7-9-15(19-5)10-8-14/h7-10,13,16,18H,11-12H2,1-6H3. The van der Waals surface area contributed by atoms with Gasteiger partial charge in [-0.1, -0.05) is 12.1 Å². The van der Waals surface area contributed by atoms with Gasteiger partial charge in [0.15, 0.2) is 0 Å². The molecular formula is C17H29NO3. The number of likely N-dealkylation sites (N-methyl/N-ethyl adjacent to an activating group) is 1. The van der Waals surface area contributed by atoms with Crippen molar-refractivity contribution in [1.29, 1.82) is 0 Å². The first-order chi connectivity index (χ1) is 9.93. The van der Waals surface area contributed by atoms with Gasteiger partial charge in [-0.25, -0.2) is 0 Å². The van der Waals surface area contributed by atoms with Crippen LogP contribution >= 0.6 is 0 Å². The Labute approximate surface area is 128 Å². The third-order valence-electron chi connectivity index (χ3n) is 3.89. The molecule has 2 atom stereocenters. The molecule has 4 nitrogen and oxygen atoms in total. The molecule has 21 heavy (non-hydrogen) atoms. The Morgan fingerprint density at radius 1 is 1.14 bits per heavy atom. The fraction of sp³-hybridized carbons (Fsp3) is 0.647. The number of hydrogen-bond acceptors (Lipinski definition) is 4. The summed E-state index contributed by atoms with van der Waals surface area (Å²) < 4.78 is 16.6. The molecule has 0 aliphatic carbocycles. The highest BCUT2D eigenvalue weighted by Crippen LogP contribution is 2.22. The average Bonchev–Trinajstić information content (AvgIpc) is 2.48. The van der Waals surface area contributed by atoms with Crippen LogP contribution in [0.15, 0.2) is 24.3 Å². The van der Waals surface area contributed by atoms with Gasteiger partial charge in [-0.3, -0.25) is 0 Å². The van der Waals surface area contributed by atoms with E-state index in [1.807, 2.05) is 19.2 Å². The first kappa shape index (κ1) is 18.0. The largest absolute Gasteiger partial charge is 0.497 e. The minimum absolute atomic E-state index is 0.0797. The molecule has 0 saturated carbocycles. The molecule has 0 radical (unpaired) electrons. The van der Waals surface area contributed by atoms with Crippen LogP contribution in [0.1, 0.15) is 38.8 Å². The van der Waals surface area contributed by atoms with Crippen LogP contribution in [0.25, 0.3) is 0 Å². The Morgan fingerprint density at radius 3 is 2.24 bits per heavy atom. The summed E-state index contributed by atoms with van der Waals surface area (Å²) in [6.45, 7) is 6.90. The molecule has 1 rings (SSSR count). The molecule has 0 aliphatic heterocycles. The first-order valence-electron chi connectivity index (χ1n) is 7.41. The second-order valence-corrected chi connectivity index (χ2v) is 5.83. The van der Waals surface area contributed by atoms with Gasteiger partial charge < -0.3 is 19.5 Å². The van der Waals surface area contributed by atoms with E-state index < -0.39 is 0 Å². The summed E-state index contributed by atoms with van der Waals surface area (Å²) in [4.78, 5) is 0. The van der Waals surface area contributed by atoms with Crippen molar-refractivity contribution in [2.75, 3.05) is 27.9 Å². The number of rotatable bonds is 9. The second-order valence-electron chi connectivity index (χ2n) is 5.83. The lowest BCUT2D eigenvalue weighted by atomic mass is 10.0. The van der Waals surface area contributed by atoms with E-state index in [2.05, 4.69) is 38.2 Å². The fourth-order valence-electron chi connectivity index (χ4n) is 2.17. The number of benzene rings is 1. The zero-order chi connectivity index (χ0) is 15.9. The molecule has 0 bridgehead atoms. The van der Waals surface area contributed by atoms with Gasteiger partial charge in [0, 0.05) is 13.7 Å². The minimum Gasteiger partial charge on any atom is -0.497 e. The van der Waals surface area contributed by atoms with Crippen LogP contribution in [-0.2, 0) is 9.47 Å². The quantitative estimate of drug-likeness (QED) is 0.759. The molecule has 0 fully saturated rings. The van der Waals surface area contributed by atoms with Crippen molar-refractivity contribution >= 4 is 0 Å². The van der Waals surface area contributed by atoms with Crippen LogP contribution in [-0.4, -0.2) is 39.6 Å². The van der Waals surface area contributed by atoms with Gasteiger partial charge in [-0.2, -0.15) is 0 Å². The SMILES string of the molecule is CNC(c1ccc(OC)cc1)C(C)OCCC(C)(C)OC. The van der Waals surface area contributed by atoms with Gasteiger partial charge in [-0.15, -0.1) is 0 Å². The molecule has 1 aromatic carbocycles. The Kier molecular flexibility index (Phi) is 7.15. The second kappa shape index (κ2) is 8.37. The predicted molar refractivity (Wildman–Crippen MR) is 85.9 cm³/mol. The lowest BCUT2D eigenvalue weighted by Crippen LogP contribution is -2.31. The zero-order valence-corrected chi connectivity index (χ0v) is 14.1. The topological polar surface area (TPSA) is 39.7 Å². The van der Waals surface area contributed by atoms with Gasteiger partial charge >= 0.3 is 0 Å². The fourth-order valence-corrected chi connectivity index (χ4v) is 2.17. The smallest absolute Gasteiger partial charge is 0.118 e. The lowest BCUT2D eigenvalue weighted by Gasteiger charge is -2.27. The Balaban J connectivity index is 2.58. The minimum atomic E-state index is -0.144. The van der Waals surface area contributed by atoms with Crippen molar-refractivity contribution in [3.63, 3.8) is 0 Å². The summed E-state index contributed by atoms with van der Waals surface area (Å²) in [7, 11) is 5.36. The molecule has 2 unspecified atom stereocenters. The zero-order valence-electron chi connectivity index (χ0n) is 14.1. The van der Waals surface area contributed by atoms with Gasteiger partial charge in [-0.05, 0) is 51.9 Å². The van der Waals surface area contributed by atoms with E-state index in [1.165, 1.54) is 5.56 Å². The molecular weight excluding hydrogens is 266 g/mol. The van der Waals surface area contributed by atoms with Crippen LogP contribution in [0.2, 0.25) is 0 Å². The summed E-state index contributed by atoms with van der Waals surface area (Å²) >= 11 is 0. The normalized spacial score (nSPS) is 14.8. The van der Waals surface area contributed by atoms with Crippen molar-refractivity contribution in [3.05, 3.63) is 29.8 Å². The van der Waals surface area contributed by atoms with E-state index >= 15 is 0 Å². The number of methoxy groups -OCH3 is 2. The molecule has 0 heterocycles. The highest BCUT2D eigenvalue weighted by molar-refractivity contribution is 5.29. The first-order valence-corrected chi connectivity index (χ1v) is 7.41. The van der Waals surface area contributed by atoms with Crippen LogP contribution in [0.3, 0.4) is 0 Å². The molecule has 120 valence electrons. The maximum atomic E-state index is 5.97. The van der Waals surface area contributed by atoms with Crippen LogP contribution < -0.4 is 10.1 Å². The monoisotopic (exact) mass is 295 g/mol. The molecule has 1 N–H and O–H groups in total. The molecule has 0 spiro atoms. The molecule has 4 heteroatoms. The Bertz CT molecular complexity index is 403. The Morgan fingerprint density at radius 2 is 1.76 bits per heavy atom. The van der Waals surface area contributed by atoms with Crippen molar-refractivity contribution < 1.29 is 14.2 Å². The van der Waals surface area contributed by atoms with E-state index in [0.29, 0.717) is 6.61 Å². The molecule has 1 aromatic rings. The van der Waals surface area contributed by atoms with Crippen LogP contribution in [0.5, 0.6) is 5.75 Å². The van der Waals surface area contributed by atoms with Gasteiger partial charge in [0.2, 0.25) is 0 Å². The number of nitrogens with one attached hydrogen (secondary N) is 1. The van der Waals surface area contributed by atoms with E-state index in [9.17, 15) is 0 Å². The summed E-state index contributed by atoms with van der Waals surface area (Å²) in [5, 5.41) is 3.32. The predicted octanol–water partition coefficient (Wildman–Crippen LogP) is 3.18. The van der Waals surface area contributed by atoms with Gasteiger partial charge in [0.25, 0.3) is 0 Å². The van der Waals surface area contributed by atoms with Gasteiger partial charge in [0.1, 0.15) is 5.75 Å². The molecule has 0 aliphatic rings. The highest BCUT2D eigenvalue weighted by Gasteiger charge is 2.21. The maximum absolute atomic E-state index is 5.97. The summed E-state index contributed by atoms with van der Waals surface area (Å²) in [5.41, 5.74) is 1.05. The third-order valence-corrected chi connectivity index (χ3v) is 3.89. The summed E-state index contributed by atoms with van der Waals surface area (Å²) in [5.74, 6) is 0.865. The number of hydrogen-bond donors (Lipinski definition) is 1. The highest BCUT2D eigenvalue weighted by atomic mass is 16.5. The summed E-state index contributed by atoms with van der Waals surface area (Å²) in [6.07, 6.45) is 0.948. The lowest BCUT2D eigenvalue weighted by molar-refractivity contribution is -0.0301. The van der Waals surface area contributed by atoms with E-state index in [4.69, 9.17) is 14.2 Å². The van der Waals surface area contributed by atoms with Crippen LogP contribution in [0.4, 0.5) is 0 Å². The van der Waals surface area contributed by atoms with Crippen molar-refractivity contribution in [1.82, 2.24) is 5.32 Å².